The van der Waals surface area contributed by atoms with Crippen molar-refractivity contribution in [3.63, 3.8) is 0 Å². The molecule has 3 aromatic rings. The van der Waals surface area contributed by atoms with Gasteiger partial charge >= 0.3 is 0 Å². The molecule has 0 saturated heterocycles. The van der Waals surface area contributed by atoms with Gasteiger partial charge in [0.15, 0.2) is 6.10 Å². The van der Waals surface area contributed by atoms with Crippen molar-refractivity contribution in [2.24, 2.45) is 5.16 Å². The number of carbonyl (C=O) groups excluding carboxylic acids is 1. The van der Waals surface area contributed by atoms with E-state index in [-0.39, 0.29) is 18.7 Å². The molecule has 0 saturated carbocycles. The Balaban J connectivity index is 1.53. The minimum Gasteiger partial charge on any atom is -0.390 e. The molecule has 0 fully saturated rings. The van der Waals surface area contributed by atoms with E-state index in [0.717, 1.165) is 16.8 Å². The van der Waals surface area contributed by atoms with Gasteiger partial charge in [-0.1, -0.05) is 65.3 Å². The maximum Gasteiger partial charge on any atom is 0.257 e. The molecule has 4 rings (SSSR count). The van der Waals surface area contributed by atoms with E-state index in [2.05, 4.69) is 5.16 Å². The molecule has 1 atom stereocenters. The SMILES string of the molecule is Cc1ccc(C2=NO[C@@H](CN(Cc3ccccc3F)C(=O)c3ccccc3F)C2)cc1. The zero-order valence-electron chi connectivity index (χ0n) is 17.1. The summed E-state index contributed by atoms with van der Waals surface area (Å²) in [6.07, 6.45) is 0.0975. The summed E-state index contributed by atoms with van der Waals surface area (Å²) >= 11 is 0. The molecule has 1 aliphatic heterocycles. The molecule has 0 bridgehead atoms. The number of benzene rings is 3. The van der Waals surface area contributed by atoms with E-state index in [1.54, 1.807) is 24.3 Å². The van der Waals surface area contributed by atoms with Crippen molar-refractivity contribution in [3.8, 4) is 0 Å². The van der Waals surface area contributed by atoms with E-state index in [1.807, 2.05) is 31.2 Å². The second kappa shape index (κ2) is 9.08. The molecule has 1 aliphatic rings. The largest absolute Gasteiger partial charge is 0.390 e. The summed E-state index contributed by atoms with van der Waals surface area (Å²) in [4.78, 5) is 20.1. The molecule has 4 nitrogen and oxygen atoms in total. The summed E-state index contributed by atoms with van der Waals surface area (Å²) in [5.41, 5.74) is 3.18. The number of hydrogen-bond acceptors (Lipinski definition) is 3. The summed E-state index contributed by atoms with van der Waals surface area (Å²) in [5.74, 6) is -1.55. The molecule has 158 valence electrons. The lowest BCUT2D eigenvalue weighted by Crippen LogP contribution is -2.38. The van der Waals surface area contributed by atoms with Crippen LogP contribution in [0.25, 0.3) is 0 Å². The van der Waals surface area contributed by atoms with E-state index in [9.17, 15) is 13.6 Å². The smallest absolute Gasteiger partial charge is 0.257 e. The van der Waals surface area contributed by atoms with Gasteiger partial charge in [0.05, 0.1) is 17.8 Å². The van der Waals surface area contributed by atoms with Gasteiger partial charge in [-0.15, -0.1) is 0 Å². The van der Waals surface area contributed by atoms with Crippen LogP contribution in [0, 0.1) is 18.6 Å². The maximum absolute atomic E-state index is 14.3. The van der Waals surface area contributed by atoms with Crippen LogP contribution in [0.4, 0.5) is 8.78 Å². The van der Waals surface area contributed by atoms with Crippen LogP contribution >= 0.6 is 0 Å². The average molecular weight is 420 g/mol. The second-order valence-corrected chi connectivity index (χ2v) is 7.59. The third-order valence-electron chi connectivity index (χ3n) is 5.25. The van der Waals surface area contributed by atoms with Crippen LogP contribution in [0.15, 0.2) is 78.0 Å². The minimum atomic E-state index is -0.616. The number of nitrogens with zero attached hydrogens (tertiary/aromatic N) is 2. The monoisotopic (exact) mass is 420 g/mol. The molecule has 31 heavy (non-hydrogen) atoms. The maximum atomic E-state index is 14.3. The van der Waals surface area contributed by atoms with Gasteiger partial charge in [-0.05, 0) is 30.7 Å². The van der Waals surface area contributed by atoms with Gasteiger partial charge in [0.2, 0.25) is 0 Å². The summed E-state index contributed by atoms with van der Waals surface area (Å²) in [5, 5.41) is 4.17. The topological polar surface area (TPSA) is 41.9 Å². The third-order valence-corrected chi connectivity index (χ3v) is 5.25. The van der Waals surface area contributed by atoms with Gasteiger partial charge in [-0.25, -0.2) is 8.78 Å². The Morgan fingerprint density at radius 2 is 1.68 bits per heavy atom. The number of halogens is 2. The van der Waals surface area contributed by atoms with Crippen LogP contribution in [0.1, 0.15) is 33.5 Å². The number of hydrogen-bond donors (Lipinski definition) is 0. The van der Waals surface area contributed by atoms with Gasteiger partial charge in [0.25, 0.3) is 5.91 Å². The second-order valence-electron chi connectivity index (χ2n) is 7.59. The molecule has 0 aromatic heterocycles. The van der Waals surface area contributed by atoms with Gasteiger partial charge in [0, 0.05) is 18.5 Å². The van der Waals surface area contributed by atoms with Crippen LogP contribution in [0.3, 0.4) is 0 Å². The van der Waals surface area contributed by atoms with Crippen LogP contribution in [0.5, 0.6) is 0 Å². The molecule has 1 heterocycles. The zero-order chi connectivity index (χ0) is 21.8. The average Bonchev–Trinajstić information content (AvgIpc) is 3.24. The third kappa shape index (κ3) is 4.79. The highest BCUT2D eigenvalue weighted by Gasteiger charge is 2.28. The fourth-order valence-electron chi connectivity index (χ4n) is 3.55. The molecule has 3 aromatic carbocycles. The van der Waals surface area contributed by atoms with Gasteiger partial charge in [-0.3, -0.25) is 4.79 Å². The number of amides is 1. The van der Waals surface area contributed by atoms with Crippen LogP contribution in [-0.4, -0.2) is 29.2 Å². The Morgan fingerprint density at radius 3 is 2.39 bits per heavy atom. The molecule has 0 N–H and O–H groups in total. The first-order valence-electron chi connectivity index (χ1n) is 10.1. The molecule has 0 radical (unpaired) electrons. The summed E-state index contributed by atoms with van der Waals surface area (Å²) in [6, 6.07) is 20.0. The Kier molecular flexibility index (Phi) is 6.07. The quantitative estimate of drug-likeness (QED) is 0.556. The molecule has 1 amide bonds. The van der Waals surface area contributed by atoms with Crippen molar-refractivity contribution in [2.75, 3.05) is 6.54 Å². The van der Waals surface area contributed by atoms with Crippen molar-refractivity contribution >= 4 is 11.6 Å². The number of rotatable bonds is 6. The van der Waals surface area contributed by atoms with E-state index in [0.29, 0.717) is 12.0 Å². The highest BCUT2D eigenvalue weighted by Crippen LogP contribution is 2.21. The molecule has 0 spiro atoms. The van der Waals surface area contributed by atoms with Crippen LogP contribution < -0.4 is 0 Å². The first kappa shape index (κ1) is 20.7. The van der Waals surface area contributed by atoms with E-state index >= 15 is 0 Å². The van der Waals surface area contributed by atoms with Crippen LogP contribution in [0.2, 0.25) is 0 Å². The van der Waals surface area contributed by atoms with Gasteiger partial charge < -0.3 is 9.74 Å². The standard InChI is InChI=1S/C25H22F2N2O2/c1-17-10-12-18(13-11-17)24-14-20(31-28-24)16-29(15-19-6-2-4-8-22(19)26)25(30)21-7-3-5-9-23(21)27/h2-13,20H,14-16H2,1H3/t20-/m1/s1. The Labute approximate surface area is 179 Å². The van der Waals surface area contributed by atoms with Crippen molar-refractivity contribution in [1.29, 1.82) is 0 Å². The number of aryl methyl sites for hydroxylation is 1. The lowest BCUT2D eigenvalue weighted by atomic mass is 10.0. The minimum absolute atomic E-state index is 0.000431. The van der Waals surface area contributed by atoms with E-state index in [1.165, 1.54) is 29.2 Å². The van der Waals surface area contributed by atoms with Crippen LogP contribution in [-0.2, 0) is 11.4 Å². The molecular weight excluding hydrogens is 398 g/mol. The fraction of sp³-hybridized carbons (Fsp3) is 0.200. The zero-order valence-corrected chi connectivity index (χ0v) is 17.1. The lowest BCUT2D eigenvalue weighted by molar-refractivity contribution is 0.0400. The van der Waals surface area contributed by atoms with Crippen molar-refractivity contribution in [2.45, 2.75) is 26.0 Å². The first-order chi connectivity index (χ1) is 15.0. The van der Waals surface area contributed by atoms with Crippen molar-refractivity contribution in [1.82, 2.24) is 4.90 Å². The van der Waals surface area contributed by atoms with Gasteiger partial charge in [0.1, 0.15) is 11.6 Å². The summed E-state index contributed by atoms with van der Waals surface area (Å²) < 4.78 is 28.5. The highest BCUT2D eigenvalue weighted by molar-refractivity contribution is 6.01. The van der Waals surface area contributed by atoms with E-state index in [4.69, 9.17) is 4.84 Å². The summed E-state index contributed by atoms with van der Waals surface area (Å²) in [6.45, 7) is 2.16. The van der Waals surface area contributed by atoms with Gasteiger partial charge in [-0.2, -0.15) is 0 Å². The molecule has 0 unspecified atom stereocenters. The highest BCUT2D eigenvalue weighted by atomic mass is 19.1. The fourth-order valence-corrected chi connectivity index (χ4v) is 3.55. The van der Waals surface area contributed by atoms with Crippen molar-refractivity contribution < 1.29 is 18.4 Å². The lowest BCUT2D eigenvalue weighted by Gasteiger charge is -2.25. The summed E-state index contributed by atoms with van der Waals surface area (Å²) in [7, 11) is 0. The number of carbonyl (C=O) groups is 1. The Hall–Kier alpha value is -3.54. The molecule has 6 heteroatoms. The van der Waals surface area contributed by atoms with Crippen molar-refractivity contribution in [3.05, 3.63) is 107 Å². The Morgan fingerprint density at radius 1 is 1.00 bits per heavy atom. The molecule has 0 aliphatic carbocycles. The predicted molar refractivity (Wildman–Crippen MR) is 115 cm³/mol. The first-order valence-corrected chi connectivity index (χ1v) is 10.1. The Bertz CT molecular complexity index is 1110. The normalized spacial score (nSPS) is 15.3. The molecular formula is C25H22F2N2O2. The number of oxime groups is 1. The van der Waals surface area contributed by atoms with E-state index < -0.39 is 23.6 Å². The predicted octanol–water partition coefficient (Wildman–Crippen LogP) is 5.11.